The Labute approximate surface area is 128 Å². The fourth-order valence-corrected chi connectivity index (χ4v) is 4.06. The van der Waals surface area contributed by atoms with E-state index in [9.17, 15) is 13.2 Å². The van der Waals surface area contributed by atoms with Gasteiger partial charge in [-0.3, -0.25) is 4.79 Å². The first-order valence-corrected chi connectivity index (χ1v) is 9.23. The van der Waals surface area contributed by atoms with Gasteiger partial charge in [0, 0.05) is 32.1 Å². The normalized spacial score (nSPS) is 18.5. The van der Waals surface area contributed by atoms with Gasteiger partial charge in [-0.25, -0.2) is 12.7 Å². The van der Waals surface area contributed by atoms with Crippen molar-refractivity contribution >= 4 is 16.0 Å². The summed E-state index contributed by atoms with van der Waals surface area (Å²) in [7, 11) is -1.19. The van der Waals surface area contributed by atoms with Crippen LogP contribution in [0.25, 0.3) is 0 Å². The zero-order valence-corrected chi connectivity index (χ0v) is 14.1. The van der Waals surface area contributed by atoms with Crippen molar-refractivity contribution in [2.45, 2.75) is 45.6 Å². The zero-order valence-electron chi connectivity index (χ0n) is 13.3. The fraction of sp³-hybridized carbons (Fsp3) is 0.929. The van der Waals surface area contributed by atoms with Gasteiger partial charge in [0.25, 0.3) is 0 Å². The molecule has 0 aromatic carbocycles. The molecule has 0 unspecified atom stereocenters. The van der Waals surface area contributed by atoms with E-state index in [2.05, 4.69) is 25.8 Å². The number of carbonyl (C=O) groups is 1. The van der Waals surface area contributed by atoms with E-state index in [1.54, 1.807) is 0 Å². The Morgan fingerprint density at radius 1 is 1.33 bits per heavy atom. The molecule has 0 atom stereocenters. The molecule has 0 radical (unpaired) electrons. The largest absolute Gasteiger partial charge is 0.481 e. The summed E-state index contributed by atoms with van der Waals surface area (Å²) in [5.41, 5.74) is 0. The molecule has 1 heterocycles. The van der Waals surface area contributed by atoms with Gasteiger partial charge in [0.1, 0.15) is 0 Å². The number of piperidine rings is 1. The topological polar surface area (TPSA) is 77.9 Å². The number of carboxylic acid groups (broad SMARTS) is 1. The minimum atomic E-state index is -3.29. The van der Waals surface area contributed by atoms with Crippen LogP contribution in [0, 0.1) is 5.92 Å². The molecule has 1 rings (SSSR count). The van der Waals surface area contributed by atoms with Crippen LogP contribution >= 0.6 is 0 Å². The lowest BCUT2D eigenvalue weighted by Crippen LogP contribution is -2.42. The standard InChI is InChI=1S/C14H28N2O4S/c1-12(2)15(3)11-13-6-8-16(9-7-13)21(19,20)10-4-5-14(17)18/h12-13H,4-11H2,1-3H3,(H,17,18). The first kappa shape index (κ1) is 18.4. The van der Waals surface area contributed by atoms with Gasteiger partial charge in [-0.2, -0.15) is 0 Å². The molecular formula is C14H28N2O4S. The molecule has 0 aromatic heterocycles. The third-order valence-corrected chi connectivity index (χ3v) is 6.14. The molecule has 0 saturated carbocycles. The average Bonchev–Trinajstić information content (AvgIpc) is 2.38. The first-order valence-electron chi connectivity index (χ1n) is 7.62. The fourth-order valence-electron chi connectivity index (χ4n) is 2.52. The van der Waals surface area contributed by atoms with Gasteiger partial charge in [-0.1, -0.05) is 0 Å². The van der Waals surface area contributed by atoms with E-state index in [1.165, 1.54) is 4.31 Å². The summed E-state index contributed by atoms with van der Waals surface area (Å²) in [6.07, 6.45) is 1.87. The second-order valence-electron chi connectivity index (χ2n) is 6.19. The van der Waals surface area contributed by atoms with Crippen LogP contribution in [-0.2, 0) is 14.8 Å². The summed E-state index contributed by atoms with van der Waals surface area (Å²) in [5.74, 6) is -0.459. The van der Waals surface area contributed by atoms with E-state index in [-0.39, 0.29) is 18.6 Å². The molecular weight excluding hydrogens is 292 g/mol. The monoisotopic (exact) mass is 320 g/mol. The molecule has 1 fully saturated rings. The van der Waals surface area contributed by atoms with Crippen LogP contribution in [0.5, 0.6) is 0 Å². The number of rotatable bonds is 8. The smallest absolute Gasteiger partial charge is 0.303 e. The summed E-state index contributed by atoms with van der Waals surface area (Å²) < 4.78 is 25.8. The van der Waals surface area contributed by atoms with E-state index in [1.807, 2.05) is 0 Å². The molecule has 0 spiro atoms. The molecule has 0 aliphatic carbocycles. The van der Waals surface area contributed by atoms with Gasteiger partial charge < -0.3 is 10.0 Å². The lowest BCUT2D eigenvalue weighted by atomic mass is 9.97. The summed E-state index contributed by atoms with van der Waals surface area (Å²) in [6, 6.07) is 0.503. The van der Waals surface area contributed by atoms with Crippen molar-refractivity contribution in [1.82, 2.24) is 9.21 Å². The first-order chi connectivity index (χ1) is 9.72. The Morgan fingerprint density at radius 3 is 2.38 bits per heavy atom. The maximum absolute atomic E-state index is 12.1. The van der Waals surface area contributed by atoms with E-state index in [0.29, 0.717) is 25.0 Å². The van der Waals surface area contributed by atoms with Crippen LogP contribution < -0.4 is 0 Å². The summed E-state index contributed by atoms with van der Waals surface area (Å²) >= 11 is 0. The molecule has 0 amide bonds. The Kier molecular flexibility index (Phi) is 7.09. The molecule has 0 aromatic rings. The molecule has 124 valence electrons. The van der Waals surface area contributed by atoms with E-state index in [4.69, 9.17) is 5.11 Å². The van der Waals surface area contributed by atoms with Gasteiger partial charge in [-0.05, 0) is 46.1 Å². The van der Waals surface area contributed by atoms with Crippen LogP contribution in [-0.4, -0.2) is 67.2 Å². The molecule has 7 heteroatoms. The van der Waals surface area contributed by atoms with Gasteiger partial charge in [0.2, 0.25) is 10.0 Å². The molecule has 1 N–H and O–H groups in total. The number of sulfonamides is 1. The van der Waals surface area contributed by atoms with Crippen molar-refractivity contribution in [1.29, 1.82) is 0 Å². The van der Waals surface area contributed by atoms with E-state index >= 15 is 0 Å². The number of nitrogens with zero attached hydrogens (tertiary/aromatic N) is 2. The average molecular weight is 320 g/mol. The van der Waals surface area contributed by atoms with Gasteiger partial charge >= 0.3 is 5.97 Å². The zero-order chi connectivity index (χ0) is 16.0. The molecule has 1 aliphatic rings. The minimum Gasteiger partial charge on any atom is -0.481 e. The van der Waals surface area contributed by atoms with Crippen LogP contribution in [0.3, 0.4) is 0 Å². The Bertz CT molecular complexity index is 428. The molecule has 6 nitrogen and oxygen atoms in total. The van der Waals surface area contributed by atoms with Crippen molar-refractivity contribution in [3.63, 3.8) is 0 Å². The number of aliphatic carboxylic acids is 1. The SMILES string of the molecule is CC(C)N(C)CC1CCN(S(=O)(=O)CCCC(=O)O)CC1. The van der Waals surface area contributed by atoms with E-state index in [0.717, 1.165) is 19.4 Å². The van der Waals surface area contributed by atoms with Crippen LogP contribution in [0.2, 0.25) is 0 Å². The summed E-state index contributed by atoms with van der Waals surface area (Å²) in [5, 5.41) is 8.57. The Hall–Kier alpha value is -0.660. The van der Waals surface area contributed by atoms with Crippen LogP contribution in [0.1, 0.15) is 39.5 Å². The van der Waals surface area contributed by atoms with Crippen molar-refractivity contribution in [2.75, 3.05) is 32.4 Å². The highest BCUT2D eigenvalue weighted by molar-refractivity contribution is 7.89. The summed E-state index contributed by atoms with van der Waals surface area (Å²) in [4.78, 5) is 12.7. The highest BCUT2D eigenvalue weighted by Gasteiger charge is 2.28. The molecule has 1 aliphatic heterocycles. The van der Waals surface area contributed by atoms with E-state index < -0.39 is 16.0 Å². The van der Waals surface area contributed by atoms with Crippen LogP contribution in [0.4, 0.5) is 0 Å². The van der Waals surface area contributed by atoms with Crippen LogP contribution in [0.15, 0.2) is 0 Å². The van der Waals surface area contributed by atoms with Crippen molar-refractivity contribution in [3.8, 4) is 0 Å². The molecule has 0 bridgehead atoms. The van der Waals surface area contributed by atoms with Crippen molar-refractivity contribution < 1.29 is 18.3 Å². The van der Waals surface area contributed by atoms with Crippen molar-refractivity contribution in [3.05, 3.63) is 0 Å². The highest BCUT2D eigenvalue weighted by Crippen LogP contribution is 2.21. The maximum atomic E-state index is 12.1. The summed E-state index contributed by atoms with van der Waals surface area (Å²) in [6.45, 7) is 6.44. The predicted molar refractivity (Wildman–Crippen MR) is 82.7 cm³/mol. The quantitative estimate of drug-likeness (QED) is 0.728. The minimum absolute atomic E-state index is 0.0597. The number of carboxylic acids is 1. The molecule has 1 saturated heterocycles. The van der Waals surface area contributed by atoms with Crippen molar-refractivity contribution in [2.24, 2.45) is 5.92 Å². The maximum Gasteiger partial charge on any atom is 0.303 e. The lowest BCUT2D eigenvalue weighted by Gasteiger charge is -2.34. The predicted octanol–water partition coefficient (Wildman–Crippen LogP) is 1.23. The second kappa shape index (κ2) is 8.10. The Balaban J connectivity index is 2.39. The Morgan fingerprint density at radius 2 is 1.90 bits per heavy atom. The van der Waals surface area contributed by atoms with Gasteiger partial charge in [-0.15, -0.1) is 0 Å². The number of hydrogen-bond donors (Lipinski definition) is 1. The van der Waals surface area contributed by atoms with Gasteiger partial charge in [0.15, 0.2) is 0 Å². The second-order valence-corrected chi connectivity index (χ2v) is 8.28. The highest BCUT2D eigenvalue weighted by atomic mass is 32.2. The third-order valence-electron chi connectivity index (χ3n) is 4.19. The third kappa shape index (κ3) is 6.32. The molecule has 21 heavy (non-hydrogen) atoms. The lowest BCUT2D eigenvalue weighted by molar-refractivity contribution is -0.137. The number of hydrogen-bond acceptors (Lipinski definition) is 4. The van der Waals surface area contributed by atoms with Gasteiger partial charge in [0.05, 0.1) is 5.75 Å².